The molecule has 2 aromatic rings. The van der Waals surface area contributed by atoms with Gasteiger partial charge in [0.25, 0.3) is 0 Å². The fourth-order valence-corrected chi connectivity index (χ4v) is 3.15. The van der Waals surface area contributed by atoms with Gasteiger partial charge in [-0.25, -0.2) is 14.4 Å². The Morgan fingerprint density at radius 2 is 2.07 bits per heavy atom. The second-order valence-electron chi connectivity index (χ2n) is 6.71. The molecule has 3 rings (SSSR count). The molecule has 1 aromatic heterocycles. The Balaban J connectivity index is 0.00000300. The molecule has 0 bridgehead atoms. The molecule has 0 spiro atoms. The van der Waals surface area contributed by atoms with Crippen LogP contribution in [0.1, 0.15) is 18.3 Å². The van der Waals surface area contributed by atoms with Crippen molar-refractivity contribution in [3.05, 3.63) is 47.8 Å². The zero-order valence-electron chi connectivity index (χ0n) is 17.0. The van der Waals surface area contributed by atoms with Crippen LogP contribution in [0.4, 0.5) is 4.39 Å². The van der Waals surface area contributed by atoms with E-state index in [9.17, 15) is 4.39 Å². The maximum absolute atomic E-state index is 14.5. The third-order valence-electron chi connectivity index (χ3n) is 4.69. The lowest BCUT2D eigenvalue weighted by Crippen LogP contribution is -2.44. The molecular weight excluding hydrogens is 486 g/mol. The Hall–Kier alpha value is -1.72. The van der Waals surface area contributed by atoms with Gasteiger partial charge < -0.3 is 19.9 Å². The van der Waals surface area contributed by atoms with Crippen LogP contribution < -0.4 is 10.6 Å². The first-order valence-corrected chi connectivity index (χ1v) is 9.78. The molecule has 0 unspecified atom stereocenters. The number of hydrogen-bond donors (Lipinski definition) is 2. The van der Waals surface area contributed by atoms with Crippen LogP contribution in [-0.4, -0.2) is 66.3 Å². The van der Waals surface area contributed by atoms with Crippen molar-refractivity contribution in [2.45, 2.75) is 20.4 Å². The molecule has 1 aliphatic rings. The average molecular weight is 516 g/mol. The molecule has 2 heterocycles. The molecule has 160 valence electrons. The van der Waals surface area contributed by atoms with Crippen LogP contribution in [0.3, 0.4) is 0 Å². The van der Waals surface area contributed by atoms with Gasteiger partial charge >= 0.3 is 0 Å². The number of ether oxygens (including phenoxy) is 1. The van der Waals surface area contributed by atoms with Gasteiger partial charge in [0.2, 0.25) is 0 Å². The van der Waals surface area contributed by atoms with Crippen molar-refractivity contribution in [2.75, 3.05) is 45.9 Å². The van der Waals surface area contributed by atoms with Gasteiger partial charge in [0.05, 0.1) is 25.4 Å². The van der Waals surface area contributed by atoms with Crippen molar-refractivity contribution in [1.29, 1.82) is 0 Å². The summed E-state index contributed by atoms with van der Waals surface area (Å²) in [6.07, 6.45) is 3.42. The highest BCUT2D eigenvalue weighted by Gasteiger charge is 2.10. The number of aryl methyl sites for hydroxylation is 1. The summed E-state index contributed by atoms with van der Waals surface area (Å²) in [5.41, 5.74) is 1.32. The Bertz CT molecular complexity index is 791. The first-order valence-electron chi connectivity index (χ1n) is 9.78. The van der Waals surface area contributed by atoms with Gasteiger partial charge in [-0.05, 0) is 31.5 Å². The van der Waals surface area contributed by atoms with Crippen LogP contribution in [0.25, 0.3) is 5.69 Å². The maximum atomic E-state index is 14.5. The second kappa shape index (κ2) is 12.1. The summed E-state index contributed by atoms with van der Waals surface area (Å²) in [5.74, 6) is 1.22. The minimum absolute atomic E-state index is 0. The summed E-state index contributed by atoms with van der Waals surface area (Å²) in [5, 5.41) is 6.58. The van der Waals surface area contributed by atoms with Gasteiger partial charge in [0.15, 0.2) is 5.96 Å². The van der Waals surface area contributed by atoms with Crippen molar-refractivity contribution in [3.63, 3.8) is 0 Å². The molecule has 0 amide bonds. The molecule has 1 saturated heterocycles. The molecule has 1 aliphatic heterocycles. The summed E-state index contributed by atoms with van der Waals surface area (Å²) in [4.78, 5) is 11.1. The minimum Gasteiger partial charge on any atom is -0.379 e. The van der Waals surface area contributed by atoms with E-state index in [1.54, 1.807) is 23.0 Å². The summed E-state index contributed by atoms with van der Waals surface area (Å²) >= 11 is 0. The number of morpholine rings is 1. The fraction of sp³-hybridized carbons (Fsp3) is 0.500. The Morgan fingerprint density at radius 3 is 2.72 bits per heavy atom. The van der Waals surface area contributed by atoms with Crippen molar-refractivity contribution >= 4 is 29.9 Å². The Morgan fingerprint density at radius 1 is 1.28 bits per heavy atom. The van der Waals surface area contributed by atoms with Gasteiger partial charge in [-0.15, -0.1) is 24.0 Å². The van der Waals surface area contributed by atoms with Crippen molar-refractivity contribution in [1.82, 2.24) is 25.1 Å². The van der Waals surface area contributed by atoms with E-state index < -0.39 is 0 Å². The maximum Gasteiger partial charge on any atom is 0.191 e. The van der Waals surface area contributed by atoms with Crippen molar-refractivity contribution < 1.29 is 9.13 Å². The minimum atomic E-state index is -0.279. The number of rotatable bonds is 7. The van der Waals surface area contributed by atoms with E-state index in [0.717, 1.165) is 63.3 Å². The largest absolute Gasteiger partial charge is 0.379 e. The number of halogens is 2. The van der Waals surface area contributed by atoms with Crippen LogP contribution in [0, 0.1) is 12.7 Å². The molecule has 0 atom stereocenters. The molecule has 0 aliphatic carbocycles. The van der Waals surface area contributed by atoms with E-state index in [0.29, 0.717) is 12.2 Å². The number of hydrogen-bond acceptors (Lipinski definition) is 4. The molecule has 29 heavy (non-hydrogen) atoms. The van der Waals surface area contributed by atoms with E-state index >= 15 is 0 Å². The first-order chi connectivity index (χ1) is 13.7. The number of nitrogens with zero attached hydrogens (tertiary/aromatic N) is 4. The zero-order valence-corrected chi connectivity index (χ0v) is 19.4. The quantitative estimate of drug-likeness (QED) is 0.336. The first kappa shape index (κ1) is 23.6. The molecule has 1 aromatic carbocycles. The Labute approximate surface area is 188 Å². The molecular formula is C20H30FIN6O. The SMILES string of the molecule is CCNC(=NCc1ccc(-n2ccnc2C)c(F)c1)NCCN1CCOCC1.I. The normalized spacial score (nSPS) is 15.1. The number of nitrogens with one attached hydrogen (secondary N) is 2. The number of imidazole rings is 1. The molecule has 2 N–H and O–H groups in total. The van der Waals surface area contributed by atoms with E-state index in [4.69, 9.17) is 4.74 Å². The number of benzene rings is 1. The fourth-order valence-electron chi connectivity index (χ4n) is 3.15. The summed E-state index contributed by atoms with van der Waals surface area (Å²) < 4.78 is 21.6. The van der Waals surface area contributed by atoms with Gasteiger partial charge in [-0.3, -0.25) is 4.90 Å². The molecule has 7 nitrogen and oxygen atoms in total. The van der Waals surface area contributed by atoms with E-state index in [2.05, 4.69) is 25.5 Å². The van der Waals surface area contributed by atoms with E-state index in [1.807, 2.05) is 19.9 Å². The van der Waals surface area contributed by atoms with Gasteiger partial charge in [-0.1, -0.05) is 6.07 Å². The summed E-state index contributed by atoms with van der Waals surface area (Å²) in [7, 11) is 0. The standard InChI is InChI=1S/C20H29FN6O.HI/c1-3-22-20(24-6-8-26-10-12-28-13-11-26)25-15-17-4-5-19(18(21)14-17)27-9-7-23-16(27)2;/h4-5,7,9,14H,3,6,8,10-13,15H2,1-2H3,(H2,22,24,25);1H. The zero-order chi connectivity index (χ0) is 19.8. The highest BCUT2D eigenvalue weighted by Crippen LogP contribution is 2.17. The highest BCUT2D eigenvalue weighted by molar-refractivity contribution is 14.0. The van der Waals surface area contributed by atoms with Crippen LogP contribution in [0.15, 0.2) is 35.6 Å². The van der Waals surface area contributed by atoms with Gasteiger partial charge in [0.1, 0.15) is 11.6 Å². The number of aromatic nitrogens is 2. The van der Waals surface area contributed by atoms with Crippen molar-refractivity contribution in [3.8, 4) is 5.69 Å². The second-order valence-corrected chi connectivity index (χ2v) is 6.71. The van der Waals surface area contributed by atoms with E-state index in [-0.39, 0.29) is 29.8 Å². The van der Waals surface area contributed by atoms with Gasteiger partial charge in [0, 0.05) is 45.1 Å². The molecule has 1 fully saturated rings. The number of guanidine groups is 1. The lowest BCUT2D eigenvalue weighted by molar-refractivity contribution is 0.0389. The van der Waals surface area contributed by atoms with Crippen LogP contribution in [0.5, 0.6) is 0 Å². The molecule has 0 radical (unpaired) electrons. The van der Waals surface area contributed by atoms with Crippen molar-refractivity contribution in [2.24, 2.45) is 4.99 Å². The number of aliphatic imine (C=N–C) groups is 1. The van der Waals surface area contributed by atoms with E-state index in [1.165, 1.54) is 6.07 Å². The molecule has 0 saturated carbocycles. The van der Waals surface area contributed by atoms with Crippen LogP contribution >= 0.6 is 24.0 Å². The van der Waals surface area contributed by atoms with Gasteiger partial charge in [-0.2, -0.15) is 0 Å². The third kappa shape index (κ3) is 6.93. The summed E-state index contributed by atoms with van der Waals surface area (Å²) in [6, 6.07) is 5.21. The Kier molecular flexibility index (Phi) is 9.82. The predicted octanol–water partition coefficient (Wildman–Crippen LogP) is 2.33. The lowest BCUT2D eigenvalue weighted by Gasteiger charge is -2.26. The monoisotopic (exact) mass is 516 g/mol. The summed E-state index contributed by atoms with van der Waals surface area (Å²) in [6.45, 7) is 10.4. The topological polar surface area (TPSA) is 66.7 Å². The van der Waals surface area contributed by atoms with Crippen LogP contribution in [0.2, 0.25) is 0 Å². The predicted molar refractivity (Wildman–Crippen MR) is 124 cm³/mol. The average Bonchev–Trinajstić information content (AvgIpc) is 3.12. The lowest BCUT2D eigenvalue weighted by atomic mass is 10.2. The third-order valence-corrected chi connectivity index (χ3v) is 4.69. The molecule has 9 heteroatoms. The smallest absolute Gasteiger partial charge is 0.191 e. The highest BCUT2D eigenvalue weighted by atomic mass is 127. The van der Waals surface area contributed by atoms with Crippen LogP contribution in [-0.2, 0) is 11.3 Å².